The molecule has 0 heterocycles. The van der Waals surface area contributed by atoms with Crippen LogP contribution in [0.2, 0.25) is 5.02 Å². The molecular weight excluding hydrogens is 292 g/mol. The minimum absolute atomic E-state index is 0.0927. The lowest BCUT2D eigenvalue weighted by Gasteiger charge is -2.35. The van der Waals surface area contributed by atoms with E-state index in [1.165, 1.54) is 6.07 Å². The van der Waals surface area contributed by atoms with Gasteiger partial charge in [-0.1, -0.05) is 18.5 Å². The molecule has 0 aromatic heterocycles. The van der Waals surface area contributed by atoms with Crippen LogP contribution in [0.4, 0.5) is 11.4 Å². The molecule has 0 saturated heterocycles. The van der Waals surface area contributed by atoms with Gasteiger partial charge in [-0.3, -0.25) is 10.1 Å². The number of nitro benzene ring substituents is 1. The zero-order valence-electron chi connectivity index (χ0n) is 12.4. The number of aryl methyl sites for hydroxylation is 1. The maximum atomic E-state index is 10.8. The van der Waals surface area contributed by atoms with E-state index >= 15 is 0 Å². The summed E-state index contributed by atoms with van der Waals surface area (Å²) in [4.78, 5) is 10.3. The van der Waals surface area contributed by atoms with Gasteiger partial charge in [-0.25, -0.2) is 0 Å². The lowest BCUT2D eigenvalue weighted by atomic mass is 9.79. The van der Waals surface area contributed by atoms with Crippen LogP contribution in [0, 0.1) is 23.0 Å². The fourth-order valence-electron chi connectivity index (χ4n) is 2.73. The van der Waals surface area contributed by atoms with E-state index in [-0.39, 0.29) is 10.7 Å². The first-order valence-corrected chi connectivity index (χ1v) is 7.59. The van der Waals surface area contributed by atoms with Gasteiger partial charge in [-0.05, 0) is 50.2 Å². The number of anilines is 1. The van der Waals surface area contributed by atoms with Crippen molar-refractivity contribution in [1.29, 1.82) is 0 Å². The van der Waals surface area contributed by atoms with Crippen LogP contribution in [-0.2, 0) is 0 Å². The van der Waals surface area contributed by atoms with E-state index in [0.717, 1.165) is 36.9 Å². The van der Waals surface area contributed by atoms with Gasteiger partial charge in [0, 0.05) is 18.3 Å². The standard InChI is InChI=1S/C15H21ClN2O3/c1-10-3-5-15(19,6-4-10)9-17-13-8-12(16)14(18(20)21)7-11(13)2/h7-8,10,17,19H,3-6,9H2,1-2H3. The van der Waals surface area contributed by atoms with E-state index in [4.69, 9.17) is 11.6 Å². The minimum Gasteiger partial charge on any atom is -0.388 e. The number of rotatable bonds is 4. The molecule has 0 unspecified atom stereocenters. The van der Waals surface area contributed by atoms with Crippen LogP contribution < -0.4 is 5.32 Å². The normalized spacial score (nSPS) is 25.6. The fourth-order valence-corrected chi connectivity index (χ4v) is 2.97. The van der Waals surface area contributed by atoms with Crippen molar-refractivity contribution in [3.05, 3.63) is 32.8 Å². The quantitative estimate of drug-likeness (QED) is 0.653. The summed E-state index contributed by atoms with van der Waals surface area (Å²) >= 11 is 5.93. The van der Waals surface area contributed by atoms with Crippen LogP contribution >= 0.6 is 11.6 Å². The van der Waals surface area contributed by atoms with Crippen molar-refractivity contribution in [3.63, 3.8) is 0 Å². The second-order valence-corrected chi connectivity index (χ2v) is 6.54. The third-order valence-corrected chi connectivity index (χ3v) is 4.61. The molecule has 1 aromatic rings. The highest BCUT2D eigenvalue weighted by Gasteiger charge is 2.31. The van der Waals surface area contributed by atoms with Gasteiger partial charge in [-0.15, -0.1) is 0 Å². The van der Waals surface area contributed by atoms with Gasteiger partial charge in [0.1, 0.15) is 5.02 Å². The number of benzene rings is 1. The lowest BCUT2D eigenvalue weighted by molar-refractivity contribution is -0.384. The number of nitrogens with zero attached hydrogens (tertiary/aromatic N) is 1. The van der Waals surface area contributed by atoms with Crippen molar-refractivity contribution in [1.82, 2.24) is 0 Å². The maximum Gasteiger partial charge on any atom is 0.288 e. The first kappa shape index (κ1) is 16.0. The average molecular weight is 313 g/mol. The minimum atomic E-state index is -0.701. The summed E-state index contributed by atoms with van der Waals surface area (Å²) in [5, 5.41) is 24.7. The molecule has 2 N–H and O–H groups in total. The third kappa shape index (κ3) is 3.86. The van der Waals surface area contributed by atoms with E-state index < -0.39 is 10.5 Å². The molecule has 1 saturated carbocycles. The van der Waals surface area contributed by atoms with E-state index in [0.29, 0.717) is 12.5 Å². The Bertz CT molecular complexity index is 540. The van der Waals surface area contributed by atoms with Crippen LogP contribution in [0.5, 0.6) is 0 Å². The molecule has 0 radical (unpaired) electrons. The van der Waals surface area contributed by atoms with Gasteiger partial charge in [0.05, 0.1) is 10.5 Å². The van der Waals surface area contributed by atoms with Gasteiger partial charge < -0.3 is 10.4 Å². The van der Waals surface area contributed by atoms with Crippen LogP contribution in [0.3, 0.4) is 0 Å². The molecule has 0 atom stereocenters. The largest absolute Gasteiger partial charge is 0.388 e. The predicted octanol–water partition coefficient (Wildman–Crippen LogP) is 3.91. The van der Waals surface area contributed by atoms with Crippen molar-refractivity contribution in [2.45, 2.75) is 45.1 Å². The number of hydrogen-bond acceptors (Lipinski definition) is 4. The highest BCUT2D eigenvalue weighted by atomic mass is 35.5. The van der Waals surface area contributed by atoms with Gasteiger partial charge in [0.15, 0.2) is 0 Å². The molecule has 1 aromatic carbocycles. The predicted molar refractivity (Wildman–Crippen MR) is 83.9 cm³/mol. The van der Waals surface area contributed by atoms with Gasteiger partial charge in [0.25, 0.3) is 5.69 Å². The Balaban J connectivity index is 2.07. The summed E-state index contributed by atoms with van der Waals surface area (Å²) in [6, 6.07) is 3.02. The average Bonchev–Trinajstić information content (AvgIpc) is 2.43. The van der Waals surface area contributed by atoms with Gasteiger partial charge >= 0.3 is 0 Å². The van der Waals surface area contributed by atoms with Gasteiger partial charge in [-0.2, -0.15) is 0 Å². The number of nitro groups is 1. The topological polar surface area (TPSA) is 75.4 Å². The van der Waals surface area contributed by atoms with E-state index in [2.05, 4.69) is 12.2 Å². The highest BCUT2D eigenvalue weighted by Crippen LogP contribution is 2.34. The van der Waals surface area contributed by atoms with Crippen LogP contribution in [0.15, 0.2) is 12.1 Å². The second kappa shape index (κ2) is 6.20. The monoisotopic (exact) mass is 312 g/mol. The van der Waals surface area contributed by atoms with E-state index in [1.54, 1.807) is 13.0 Å². The first-order chi connectivity index (χ1) is 9.81. The summed E-state index contributed by atoms with van der Waals surface area (Å²) in [6.07, 6.45) is 3.61. The third-order valence-electron chi connectivity index (χ3n) is 4.30. The lowest BCUT2D eigenvalue weighted by Crippen LogP contribution is -2.40. The Labute approximate surface area is 129 Å². The van der Waals surface area contributed by atoms with E-state index in [9.17, 15) is 15.2 Å². The number of nitrogens with one attached hydrogen (secondary N) is 1. The summed E-state index contributed by atoms with van der Waals surface area (Å²) in [5.74, 6) is 0.667. The Kier molecular flexibility index (Phi) is 4.74. The summed E-state index contributed by atoms with van der Waals surface area (Å²) in [5.41, 5.74) is 0.689. The van der Waals surface area contributed by atoms with Crippen molar-refractivity contribution in [2.24, 2.45) is 5.92 Å². The summed E-state index contributed by atoms with van der Waals surface area (Å²) < 4.78 is 0. The molecule has 21 heavy (non-hydrogen) atoms. The zero-order chi connectivity index (χ0) is 15.6. The summed E-state index contributed by atoms with van der Waals surface area (Å²) in [6.45, 7) is 4.43. The Morgan fingerprint density at radius 1 is 1.48 bits per heavy atom. The molecule has 0 aliphatic heterocycles. The van der Waals surface area contributed by atoms with Gasteiger partial charge in [0.2, 0.25) is 0 Å². The van der Waals surface area contributed by atoms with Crippen LogP contribution in [-0.4, -0.2) is 22.2 Å². The SMILES string of the molecule is Cc1cc([N+](=O)[O-])c(Cl)cc1NCC1(O)CCC(C)CC1. The second-order valence-electron chi connectivity index (χ2n) is 6.14. The molecule has 1 aliphatic carbocycles. The smallest absolute Gasteiger partial charge is 0.288 e. The number of hydrogen-bond donors (Lipinski definition) is 2. The Morgan fingerprint density at radius 2 is 2.10 bits per heavy atom. The Morgan fingerprint density at radius 3 is 2.67 bits per heavy atom. The molecule has 1 fully saturated rings. The van der Waals surface area contributed by atoms with Crippen molar-refractivity contribution in [3.8, 4) is 0 Å². The molecule has 0 spiro atoms. The molecule has 0 amide bonds. The Hall–Kier alpha value is -1.33. The molecule has 5 nitrogen and oxygen atoms in total. The maximum absolute atomic E-state index is 10.8. The van der Waals surface area contributed by atoms with Crippen LogP contribution in [0.25, 0.3) is 0 Å². The van der Waals surface area contributed by atoms with Crippen molar-refractivity contribution < 1.29 is 10.0 Å². The van der Waals surface area contributed by atoms with Crippen molar-refractivity contribution in [2.75, 3.05) is 11.9 Å². The highest BCUT2D eigenvalue weighted by molar-refractivity contribution is 6.33. The van der Waals surface area contributed by atoms with Crippen LogP contribution in [0.1, 0.15) is 38.2 Å². The van der Waals surface area contributed by atoms with E-state index in [1.807, 2.05) is 0 Å². The molecule has 116 valence electrons. The molecule has 2 rings (SSSR count). The molecule has 1 aliphatic rings. The fraction of sp³-hybridized carbons (Fsp3) is 0.600. The molecular formula is C15H21ClN2O3. The summed E-state index contributed by atoms with van der Waals surface area (Å²) in [7, 11) is 0. The number of aliphatic hydroxyl groups is 1. The first-order valence-electron chi connectivity index (χ1n) is 7.21. The zero-order valence-corrected chi connectivity index (χ0v) is 13.1. The molecule has 6 heteroatoms. The molecule has 0 bridgehead atoms. The van der Waals surface area contributed by atoms with Crippen molar-refractivity contribution >= 4 is 23.0 Å². The number of halogens is 1.